The molecule has 19 heavy (non-hydrogen) atoms. The second kappa shape index (κ2) is 5.77. The molecule has 0 bridgehead atoms. The van der Waals surface area contributed by atoms with Gasteiger partial charge in [-0.1, -0.05) is 24.3 Å². The second-order valence-electron chi connectivity index (χ2n) is 4.73. The van der Waals surface area contributed by atoms with Crippen LogP contribution in [0, 0.1) is 0 Å². The van der Waals surface area contributed by atoms with Crippen LogP contribution < -0.4 is 11.5 Å². The molecule has 0 atom stereocenters. The van der Waals surface area contributed by atoms with E-state index in [4.69, 9.17) is 11.5 Å². The number of rotatable bonds is 4. The number of hydrogen-bond acceptors (Lipinski definition) is 5. The fourth-order valence-corrected chi connectivity index (χ4v) is 1.80. The van der Waals surface area contributed by atoms with Gasteiger partial charge >= 0.3 is 0 Å². The van der Waals surface area contributed by atoms with Crippen LogP contribution in [0.2, 0.25) is 0 Å². The molecular weight excluding hydrogens is 238 g/mol. The van der Waals surface area contributed by atoms with Crippen LogP contribution in [0.1, 0.15) is 11.3 Å². The topological polar surface area (TPSA) is 81.1 Å². The molecule has 0 aliphatic carbocycles. The van der Waals surface area contributed by atoms with Crippen molar-refractivity contribution in [2.75, 3.05) is 19.8 Å². The number of nitrogen functional groups attached to an aromatic ring is 1. The van der Waals surface area contributed by atoms with Crippen molar-refractivity contribution in [3.05, 3.63) is 41.7 Å². The first-order valence-corrected chi connectivity index (χ1v) is 6.15. The van der Waals surface area contributed by atoms with Gasteiger partial charge in [-0.05, 0) is 19.7 Å². The Morgan fingerprint density at radius 3 is 2.42 bits per heavy atom. The van der Waals surface area contributed by atoms with Crippen molar-refractivity contribution in [2.45, 2.75) is 13.1 Å². The molecule has 0 aliphatic rings. The van der Waals surface area contributed by atoms with Gasteiger partial charge in [-0.2, -0.15) is 0 Å². The van der Waals surface area contributed by atoms with Gasteiger partial charge in [0.1, 0.15) is 5.82 Å². The maximum atomic E-state index is 5.84. The summed E-state index contributed by atoms with van der Waals surface area (Å²) in [5, 5.41) is 0. The lowest BCUT2D eigenvalue weighted by Gasteiger charge is -2.12. The van der Waals surface area contributed by atoms with Crippen molar-refractivity contribution < 1.29 is 0 Å². The molecule has 0 unspecified atom stereocenters. The van der Waals surface area contributed by atoms with Crippen LogP contribution in [-0.4, -0.2) is 29.0 Å². The molecule has 2 rings (SSSR count). The van der Waals surface area contributed by atoms with Gasteiger partial charge in [0.05, 0.1) is 17.6 Å². The third-order valence-electron chi connectivity index (χ3n) is 2.83. The Labute approximate surface area is 113 Å². The minimum Gasteiger partial charge on any atom is -0.382 e. The summed E-state index contributed by atoms with van der Waals surface area (Å²) < 4.78 is 0. The van der Waals surface area contributed by atoms with E-state index in [0.717, 1.165) is 22.5 Å². The van der Waals surface area contributed by atoms with E-state index in [-0.39, 0.29) is 0 Å². The Balaban J connectivity index is 2.33. The summed E-state index contributed by atoms with van der Waals surface area (Å²) in [6, 6.07) is 8.00. The summed E-state index contributed by atoms with van der Waals surface area (Å²) in [4.78, 5) is 10.8. The van der Waals surface area contributed by atoms with Gasteiger partial charge in [0.25, 0.3) is 0 Å². The average Bonchev–Trinajstić information content (AvgIpc) is 2.41. The maximum Gasteiger partial charge on any atom is 0.146 e. The number of nitrogens with zero attached hydrogens (tertiary/aromatic N) is 3. The zero-order valence-corrected chi connectivity index (χ0v) is 11.3. The SMILES string of the molecule is CN(C)Cc1nc(-c2ccc(CN)cc2)cnc1N. The van der Waals surface area contributed by atoms with E-state index in [9.17, 15) is 0 Å². The van der Waals surface area contributed by atoms with Gasteiger partial charge in [-0.3, -0.25) is 0 Å². The highest BCUT2D eigenvalue weighted by Crippen LogP contribution is 2.19. The molecule has 0 amide bonds. The highest BCUT2D eigenvalue weighted by molar-refractivity contribution is 5.60. The summed E-state index contributed by atoms with van der Waals surface area (Å²) in [5.41, 5.74) is 15.2. The van der Waals surface area contributed by atoms with Gasteiger partial charge in [-0.15, -0.1) is 0 Å². The highest BCUT2D eigenvalue weighted by atomic mass is 15.1. The van der Waals surface area contributed by atoms with Gasteiger partial charge in [-0.25, -0.2) is 9.97 Å². The van der Waals surface area contributed by atoms with Crippen LogP contribution in [0.3, 0.4) is 0 Å². The molecule has 100 valence electrons. The molecule has 0 saturated carbocycles. The molecular formula is C14H19N5. The largest absolute Gasteiger partial charge is 0.382 e. The highest BCUT2D eigenvalue weighted by Gasteiger charge is 2.07. The van der Waals surface area contributed by atoms with E-state index < -0.39 is 0 Å². The Morgan fingerprint density at radius 2 is 1.84 bits per heavy atom. The summed E-state index contributed by atoms with van der Waals surface area (Å²) in [5.74, 6) is 0.482. The Morgan fingerprint density at radius 1 is 1.16 bits per heavy atom. The van der Waals surface area contributed by atoms with Crippen LogP contribution in [0.15, 0.2) is 30.5 Å². The van der Waals surface area contributed by atoms with Crippen LogP contribution in [-0.2, 0) is 13.1 Å². The predicted molar refractivity (Wildman–Crippen MR) is 77.2 cm³/mol. The maximum absolute atomic E-state index is 5.84. The monoisotopic (exact) mass is 257 g/mol. The van der Waals surface area contributed by atoms with Crippen molar-refractivity contribution in [3.63, 3.8) is 0 Å². The third kappa shape index (κ3) is 3.27. The summed E-state index contributed by atoms with van der Waals surface area (Å²) >= 11 is 0. The number of nitrogens with two attached hydrogens (primary N) is 2. The molecule has 0 aliphatic heterocycles. The molecule has 1 aromatic heterocycles. The summed E-state index contributed by atoms with van der Waals surface area (Å²) in [6.45, 7) is 1.22. The molecule has 0 fully saturated rings. The van der Waals surface area contributed by atoms with Crippen molar-refractivity contribution in [2.24, 2.45) is 5.73 Å². The van der Waals surface area contributed by atoms with E-state index in [1.54, 1.807) is 6.20 Å². The lowest BCUT2D eigenvalue weighted by atomic mass is 10.1. The first-order chi connectivity index (χ1) is 9.10. The van der Waals surface area contributed by atoms with E-state index in [0.29, 0.717) is 18.9 Å². The van der Waals surface area contributed by atoms with E-state index in [1.807, 2.05) is 43.3 Å². The molecule has 0 spiro atoms. The van der Waals surface area contributed by atoms with E-state index in [2.05, 4.69) is 9.97 Å². The van der Waals surface area contributed by atoms with Crippen molar-refractivity contribution in [3.8, 4) is 11.3 Å². The zero-order chi connectivity index (χ0) is 13.8. The molecule has 5 nitrogen and oxygen atoms in total. The number of hydrogen-bond donors (Lipinski definition) is 2. The Bertz CT molecular complexity index is 548. The third-order valence-corrected chi connectivity index (χ3v) is 2.83. The molecule has 2 aromatic rings. The first kappa shape index (κ1) is 13.5. The van der Waals surface area contributed by atoms with Crippen LogP contribution in [0.5, 0.6) is 0 Å². The average molecular weight is 257 g/mol. The smallest absolute Gasteiger partial charge is 0.146 e. The van der Waals surface area contributed by atoms with Crippen LogP contribution in [0.4, 0.5) is 5.82 Å². The molecule has 5 heteroatoms. The van der Waals surface area contributed by atoms with Crippen molar-refractivity contribution >= 4 is 5.82 Å². The van der Waals surface area contributed by atoms with E-state index >= 15 is 0 Å². The lowest BCUT2D eigenvalue weighted by molar-refractivity contribution is 0.397. The quantitative estimate of drug-likeness (QED) is 0.861. The normalized spacial score (nSPS) is 10.9. The molecule has 1 heterocycles. The van der Waals surface area contributed by atoms with Crippen molar-refractivity contribution in [1.29, 1.82) is 0 Å². The Hall–Kier alpha value is -1.98. The van der Waals surface area contributed by atoms with Crippen molar-refractivity contribution in [1.82, 2.24) is 14.9 Å². The van der Waals surface area contributed by atoms with E-state index in [1.165, 1.54) is 0 Å². The van der Waals surface area contributed by atoms with Gasteiger partial charge in [0.2, 0.25) is 0 Å². The van der Waals surface area contributed by atoms with Gasteiger partial charge in [0.15, 0.2) is 0 Å². The first-order valence-electron chi connectivity index (χ1n) is 6.15. The fourth-order valence-electron chi connectivity index (χ4n) is 1.80. The second-order valence-corrected chi connectivity index (χ2v) is 4.73. The zero-order valence-electron chi connectivity index (χ0n) is 11.3. The predicted octanol–water partition coefficient (Wildman–Crippen LogP) is 1.25. The summed E-state index contributed by atoms with van der Waals surface area (Å²) in [6.07, 6.45) is 1.70. The molecule has 1 aromatic carbocycles. The number of benzene rings is 1. The molecule has 0 radical (unpaired) electrons. The fraction of sp³-hybridized carbons (Fsp3) is 0.286. The molecule has 0 saturated heterocycles. The van der Waals surface area contributed by atoms with Crippen LogP contribution >= 0.6 is 0 Å². The lowest BCUT2D eigenvalue weighted by Crippen LogP contribution is -2.14. The number of anilines is 1. The molecule has 4 N–H and O–H groups in total. The minimum absolute atomic E-state index is 0.482. The van der Waals surface area contributed by atoms with Gasteiger partial charge < -0.3 is 16.4 Å². The minimum atomic E-state index is 0.482. The standard InChI is InChI=1S/C14H19N5/c1-19(2)9-13-14(16)17-8-12(18-13)11-5-3-10(7-15)4-6-11/h3-6,8H,7,9,15H2,1-2H3,(H2,16,17). The number of aromatic nitrogens is 2. The van der Waals surface area contributed by atoms with Crippen LogP contribution in [0.25, 0.3) is 11.3 Å². The van der Waals surface area contributed by atoms with Gasteiger partial charge in [0, 0.05) is 18.7 Å². The summed E-state index contributed by atoms with van der Waals surface area (Å²) in [7, 11) is 3.95. The Kier molecular flexibility index (Phi) is 4.09.